The smallest absolute Gasteiger partial charge is 0.126 e. The number of fused-ring (bicyclic) bond motifs is 4. The van der Waals surface area contributed by atoms with Gasteiger partial charge in [-0.2, -0.15) is 0 Å². The molecule has 7 aromatic rings. The van der Waals surface area contributed by atoms with Gasteiger partial charge in [0.25, 0.3) is 0 Å². The van der Waals surface area contributed by atoms with E-state index < -0.39 is 0 Å². The molecule has 0 spiro atoms. The lowest BCUT2D eigenvalue weighted by Gasteiger charge is -2.28. The molecule has 2 heterocycles. The van der Waals surface area contributed by atoms with Gasteiger partial charge < -0.3 is 4.57 Å². The van der Waals surface area contributed by atoms with Gasteiger partial charge in [-0.05, 0) is 75.2 Å². The molecule has 0 saturated carbocycles. The van der Waals surface area contributed by atoms with Crippen LogP contribution in [0.3, 0.4) is 0 Å². The highest BCUT2D eigenvalue weighted by molar-refractivity contribution is 6.08. The molecule has 1 N–H and O–H groups in total. The van der Waals surface area contributed by atoms with Crippen molar-refractivity contribution in [2.75, 3.05) is 0 Å². The van der Waals surface area contributed by atoms with Gasteiger partial charge in [0.05, 0.1) is 11.2 Å². The van der Waals surface area contributed by atoms with Crippen molar-refractivity contribution in [2.45, 2.75) is 37.9 Å². The molecule has 3 heteroatoms. The number of rotatable bonds is 5. The summed E-state index contributed by atoms with van der Waals surface area (Å²) < 4.78 is 2.36. The van der Waals surface area contributed by atoms with Crippen LogP contribution in [0.4, 0.5) is 0 Å². The van der Waals surface area contributed by atoms with Gasteiger partial charge in [0.15, 0.2) is 0 Å². The van der Waals surface area contributed by atoms with Crippen LogP contribution in [0.2, 0.25) is 0 Å². The van der Waals surface area contributed by atoms with E-state index >= 15 is 0 Å². The molecule has 0 fully saturated rings. The Morgan fingerprint density at radius 2 is 1.26 bits per heavy atom. The van der Waals surface area contributed by atoms with E-state index in [0.717, 1.165) is 23.3 Å². The largest absolute Gasteiger partial charge is 0.316 e. The maximum atomic E-state index is 5.28. The molecule has 9 rings (SSSR count). The molecule has 242 valence electrons. The summed E-state index contributed by atoms with van der Waals surface area (Å²) in [5.74, 6) is 0. The van der Waals surface area contributed by atoms with Crippen LogP contribution in [0, 0.1) is 0 Å². The van der Waals surface area contributed by atoms with Crippen molar-refractivity contribution in [3.8, 4) is 27.9 Å². The van der Waals surface area contributed by atoms with Crippen LogP contribution in [0.5, 0.6) is 0 Å². The van der Waals surface area contributed by atoms with E-state index in [0.29, 0.717) is 0 Å². The minimum Gasteiger partial charge on any atom is -0.316 e. The van der Waals surface area contributed by atoms with Gasteiger partial charge in [0.2, 0.25) is 0 Å². The predicted molar refractivity (Wildman–Crippen MR) is 208 cm³/mol. The van der Waals surface area contributed by atoms with Crippen LogP contribution in [-0.2, 0) is 5.41 Å². The first-order valence-corrected chi connectivity index (χ1v) is 17.6. The van der Waals surface area contributed by atoms with Crippen molar-refractivity contribution < 1.29 is 0 Å². The Hall–Kier alpha value is -5.77. The number of aromatic nitrogens is 1. The fourth-order valence-electron chi connectivity index (χ4n) is 7.96. The van der Waals surface area contributed by atoms with Gasteiger partial charge in [-0.3, -0.25) is 10.3 Å². The summed E-state index contributed by atoms with van der Waals surface area (Å²) in [6, 6.07) is 54.8. The molecule has 0 radical (unpaired) electrons. The fraction of sp³-hybridized carbons (Fsp3) is 0.128. The standard InChI is InChI=1S/C47H39N3/c1-47(2)41-29-35(44-23-14-22-43(33-17-8-4-9-18-33)48-46(49-44)34-19-10-5-11-20-34)25-27-37(41)38-28-26-36(30-42(38)47)50-31-40(32-15-6-3-7-16-32)39-21-12-13-24-45(39)50/h3-22,24-31,44,46,49H,23H2,1-2H3/b22-14+,48-43+. The van der Waals surface area contributed by atoms with Crippen molar-refractivity contribution in [1.82, 2.24) is 9.88 Å². The molecule has 2 aliphatic rings. The Morgan fingerprint density at radius 1 is 0.620 bits per heavy atom. The predicted octanol–water partition coefficient (Wildman–Crippen LogP) is 11.4. The number of allylic oxidation sites excluding steroid dienone is 1. The first-order valence-electron chi connectivity index (χ1n) is 17.6. The highest BCUT2D eigenvalue weighted by Gasteiger charge is 2.36. The second-order valence-electron chi connectivity index (χ2n) is 14.0. The minimum absolute atomic E-state index is 0.112. The van der Waals surface area contributed by atoms with Crippen molar-refractivity contribution in [1.29, 1.82) is 0 Å². The zero-order chi connectivity index (χ0) is 33.7. The Morgan fingerprint density at radius 3 is 2.02 bits per heavy atom. The topological polar surface area (TPSA) is 29.3 Å². The number of hydrogen-bond acceptors (Lipinski definition) is 2. The Bertz CT molecular complexity index is 2400. The van der Waals surface area contributed by atoms with Crippen LogP contribution >= 0.6 is 0 Å². The lowest BCUT2D eigenvalue weighted by Crippen LogP contribution is -2.27. The second kappa shape index (κ2) is 12.3. The molecule has 6 aromatic carbocycles. The third kappa shape index (κ3) is 5.22. The third-order valence-corrected chi connectivity index (χ3v) is 10.6. The minimum atomic E-state index is -0.167. The number of nitrogens with one attached hydrogen (secondary N) is 1. The molecule has 1 aliphatic carbocycles. The van der Waals surface area contributed by atoms with Crippen LogP contribution in [0.15, 0.2) is 175 Å². The van der Waals surface area contributed by atoms with E-state index in [1.807, 2.05) is 0 Å². The van der Waals surface area contributed by atoms with Gasteiger partial charge in [-0.1, -0.05) is 153 Å². The van der Waals surface area contributed by atoms with Gasteiger partial charge >= 0.3 is 0 Å². The van der Waals surface area contributed by atoms with Crippen LogP contribution in [0.25, 0.3) is 38.8 Å². The van der Waals surface area contributed by atoms with Gasteiger partial charge in [0, 0.05) is 34.3 Å². The van der Waals surface area contributed by atoms with Crippen LogP contribution < -0.4 is 5.32 Å². The molecule has 1 aliphatic heterocycles. The zero-order valence-electron chi connectivity index (χ0n) is 28.4. The van der Waals surface area contributed by atoms with Crippen molar-refractivity contribution >= 4 is 16.6 Å². The van der Waals surface area contributed by atoms with E-state index in [1.165, 1.54) is 55.5 Å². The first-order chi connectivity index (χ1) is 24.5. The molecule has 2 atom stereocenters. The van der Waals surface area contributed by atoms with E-state index in [-0.39, 0.29) is 17.6 Å². The van der Waals surface area contributed by atoms with Crippen LogP contribution in [-0.4, -0.2) is 10.3 Å². The molecule has 0 bridgehead atoms. The number of hydrogen-bond donors (Lipinski definition) is 1. The van der Waals surface area contributed by atoms with E-state index in [4.69, 9.17) is 4.99 Å². The fourth-order valence-corrected chi connectivity index (χ4v) is 7.96. The monoisotopic (exact) mass is 645 g/mol. The molecule has 50 heavy (non-hydrogen) atoms. The van der Waals surface area contributed by atoms with E-state index in [2.05, 4.69) is 194 Å². The number of nitrogens with zero attached hydrogens (tertiary/aromatic N) is 2. The van der Waals surface area contributed by atoms with Crippen molar-refractivity contribution in [3.63, 3.8) is 0 Å². The maximum absolute atomic E-state index is 5.28. The summed E-state index contributed by atoms with van der Waals surface area (Å²) in [7, 11) is 0. The van der Waals surface area contributed by atoms with Crippen molar-refractivity contribution in [3.05, 3.63) is 198 Å². The molecular formula is C47H39N3. The average Bonchev–Trinajstić information content (AvgIpc) is 3.65. The average molecular weight is 646 g/mol. The Kier molecular flexibility index (Phi) is 7.44. The molecule has 3 nitrogen and oxygen atoms in total. The number of para-hydroxylation sites is 1. The van der Waals surface area contributed by atoms with Crippen molar-refractivity contribution in [2.24, 2.45) is 4.99 Å². The lowest BCUT2D eigenvalue weighted by atomic mass is 9.81. The molecular weight excluding hydrogens is 607 g/mol. The van der Waals surface area contributed by atoms with Gasteiger partial charge in [-0.15, -0.1) is 0 Å². The number of benzene rings is 6. The Labute approximate surface area is 294 Å². The quantitative estimate of drug-likeness (QED) is 0.198. The molecule has 0 saturated heterocycles. The summed E-state index contributed by atoms with van der Waals surface area (Å²) in [6.07, 6.45) is 7.48. The number of aliphatic imine (C=N–C) groups is 1. The van der Waals surface area contributed by atoms with Gasteiger partial charge in [-0.25, -0.2) is 0 Å². The zero-order valence-corrected chi connectivity index (χ0v) is 28.4. The van der Waals surface area contributed by atoms with Gasteiger partial charge in [0.1, 0.15) is 6.17 Å². The molecule has 1 aromatic heterocycles. The molecule has 2 unspecified atom stereocenters. The normalized spacial score (nSPS) is 19.5. The summed E-state index contributed by atoms with van der Waals surface area (Å²) in [6.45, 7) is 4.76. The highest BCUT2D eigenvalue weighted by atomic mass is 15.1. The lowest BCUT2D eigenvalue weighted by molar-refractivity contribution is 0.455. The van der Waals surface area contributed by atoms with E-state index in [1.54, 1.807) is 0 Å². The SMILES string of the molecule is CC1(C)c2cc(C3C/C=C/C(c4ccccc4)=N\C(c4ccccc4)N3)ccc2-c2ccc(-n3cc(-c4ccccc4)c4ccccc43)cc21. The summed E-state index contributed by atoms with van der Waals surface area (Å²) in [5, 5.41) is 5.21. The third-order valence-electron chi connectivity index (χ3n) is 10.6. The summed E-state index contributed by atoms with van der Waals surface area (Å²) in [5.41, 5.74) is 14.7. The summed E-state index contributed by atoms with van der Waals surface area (Å²) >= 11 is 0. The highest BCUT2D eigenvalue weighted by Crippen LogP contribution is 2.50. The second-order valence-corrected chi connectivity index (χ2v) is 14.0. The summed E-state index contributed by atoms with van der Waals surface area (Å²) in [4.78, 5) is 5.28. The van der Waals surface area contributed by atoms with E-state index in [9.17, 15) is 0 Å². The Balaban J connectivity index is 1.07. The molecule has 0 amide bonds. The maximum Gasteiger partial charge on any atom is 0.126 e. The van der Waals surface area contributed by atoms with Crippen LogP contribution in [0.1, 0.15) is 60.3 Å². The first kappa shape index (κ1) is 30.3.